The molecule has 4 heterocycles. The van der Waals surface area contributed by atoms with Gasteiger partial charge < -0.3 is 10.2 Å². The molecule has 10 heteroatoms. The molecule has 0 unspecified atom stereocenters. The third-order valence-corrected chi connectivity index (χ3v) is 6.96. The number of hydrogen-bond donors (Lipinski definition) is 1. The van der Waals surface area contributed by atoms with E-state index < -0.39 is 11.7 Å². The van der Waals surface area contributed by atoms with E-state index in [4.69, 9.17) is 20.4 Å². The second kappa shape index (κ2) is 8.95. The predicted octanol–water partition coefficient (Wildman–Crippen LogP) is 3.95. The minimum Gasteiger partial charge on any atom is -0.408 e. The third-order valence-electron chi connectivity index (χ3n) is 6.96. The van der Waals surface area contributed by atoms with E-state index in [-0.39, 0.29) is 12.6 Å². The Hall–Kier alpha value is -4.78. The van der Waals surface area contributed by atoms with Gasteiger partial charge in [-0.25, -0.2) is 14.5 Å². The first-order valence-electron chi connectivity index (χ1n) is 12.5. The highest BCUT2D eigenvalue weighted by molar-refractivity contribution is 6.09. The first-order valence-corrected chi connectivity index (χ1v) is 12.5. The summed E-state index contributed by atoms with van der Waals surface area (Å²) in [6.07, 6.45) is 6.07. The van der Waals surface area contributed by atoms with E-state index in [0.29, 0.717) is 62.7 Å². The lowest BCUT2D eigenvalue weighted by Crippen LogP contribution is -2.18. The fourth-order valence-corrected chi connectivity index (χ4v) is 4.91. The summed E-state index contributed by atoms with van der Waals surface area (Å²) in [6, 6.07) is 10.9. The van der Waals surface area contributed by atoms with E-state index in [1.165, 1.54) is 10.8 Å². The van der Waals surface area contributed by atoms with Crippen LogP contribution in [0.2, 0.25) is 0 Å². The molecule has 38 heavy (non-hydrogen) atoms. The van der Waals surface area contributed by atoms with Crippen LogP contribution in [0.3, 0.4) is 0 Å². The molecule has 0 radical (unpaired) electrons. The number of aromatic nitrogens is 5. The summed E-state index contributed by atoms with van der Waals surface area (Å²) < 4.78 is 8.95. The molecule has 4 aromatic heterocycles. The van der Waals surface area contributed by atoms with Crippen molar-refractivity contribution in [2.24, 2.45) is 11.7 Å². The Bertz CT molecular complexity index is 1820. The van der Waals surface area contributed by atoms with E-state index in [1.54, 1.807) is 30.5 Å². The number of nitrogens with zero attached hydrogens (tertiary/aromatic N) is 6. The van der Waals surface area contributed by atoms with Gasteiger partial charge >= 0.3 is 5.76 Å². The van der Waals surface area contributed by atoms with Crippen molar-refractivity contribution < 1.29 is 9.21 Å². The molecule has 0 saturated heterocycles. The first kappa shape index (κ1) is 23.6. The number of carbonyl (C=O) groups excluding carboxylic acids is 1. The van der Waals surface area contributed by atoms with Crippen LogP contribution in [0.15, 0.2) is 51.9 Å². The summed E-state index contributed by atoms with van der Waals surface area (Å²) in [4.78, 5) is 34.7. The number of carbonyl (C=O) groups is 1. The highest BCUT2D eigenvalue weighted by Crippen LogP contribution is 2.39. The average Bonchev–Trinajstić information content (AvgIpc) is 3.52. The van der Waals surface area contributed by atoms with Gasteiger partial charge in [0, 0.05) is 23.2 Å². The van der Waals surface area contributed by atoms with Gasteiger partial charge in [-0.05, 0) is 68.9 Å². The summed E-state index contributed by atoms with van der Waals surface area (Å²) in [5, 5.41) is 14.3. The third kappa shape index (κ3) is 4.02. The van der Waals surface area contributed by atoms with Gasteiger partial charge in [0.2, 0.25) is 0 Å². The lowest BCUT2D eigenvalue weighted by atomic mass is 9.93. The predicted molar refractivity (Wildman–Crippen MR) is 140 cm³/mol. The van der Waals surface area contributed by atoms with Gasteiger partial charge in [0.05, 0.1) is 40.8 Å². The molecular weight excluding hydrogens is 482 g/mol. The Balaban J connectivity index is 1.52. The molecule has 1 aliphatic carbocycles. The largest absolute Gasteiger partial charge is 0.420 e. The fourth-order valence-electron chi connectivity index (χ4n) is 4.91. The highest BCUT2D eigenvalue weighted by atomic mass is 16.4. The van der Waals surface area contributed by atoms with Gasteiger partial charge in [0.1, 0.15) is 6.07 Å². The van der Waals surface area contributed by atoms with Crippen molar-refractivity contribution in [3.8, 4) is 17.2 Å². The van der Waals surface area contributed by atoms with Crippen LogP contribution in [0.1, 0.15) is 60.0 Å². The van der Waals surface area contributed by atoms with Gasteiger partial charge in [-0.3, -0.25) is 14.3 Å². The van der Waals surface area contributed by atoms with Crippen molar-refractivity contribution in [2.45, 2.75) is 45.7 Å². The molecule has 6 rings (SSSR count). The molecule has 1 aromatic carbocycles. The molecular formula is C28H25N7O3. The Labute approximate surface area is 217 Å². The molecule has 1 amide bonds. The molecule has 0 atom stereocenters. The number of amides is 1. The van der Waals surface area contributed by atoms with Crippen LogP contribution >= 0.6 is 0 Å². The normalized spacial score (nSPS) is 13.4. The standard InChI is InChI=1S/C28H25N7O3/c1-15(2)35-27-20(13-32-35)24(25(26(30)36)21(33-27)9-16-3-4-16)18-6-8-22-23(10-18)38-28(37)34(22)14-19-7-5-17(11-29)12-31-19/h5-8,10,12-13,15-16H,3-4,9,14H2,1-2H3,(H2,30,36). The Morgan fingerprint density at radius 3 is 2.71 bits per heavy atom. The number of rotatable bonds is 7. The maximum Gasteiger partial charge on any atom is 0.420 e. The Kier molecular flexibility index (Phi) is 5.56. The van der Waals surface area contributed by atoms with Crippen LogP contribution in [0.5, 0.6) is 0 Å². The average molecular weight is 508 g/mol. The van der Waals surface area contributed by atoms with Gasteiger partial charge in [-0.2, -0.15) is 10.4 Å². The molecule has 10 nitrogen and oxygen atoms in total. The maximum absolute atomic E-state index is 12.8. The molecule has 0 bridgehead atoms. The van der Waals surface area contributed by atoms with E-state index >= 15 is 0 Å². The Morgan fingerprint density at radius 2 is 2.05 bits per heavy atom. The van der Waals surface area contributed by atoms with Gasteiger partial charge in [0.15, 0.2) is 11.2 Å². The monoisotopic (exact) mass is 507 g/mol. The lowest BCUT2D eigenvalue weighted by Gasteiger charge is -2.15. The number of oxazole rings is 1. The van der Waals surface area contributed by atoms with E-state index in [0.717, 1.165) is 18.2 Å². The molecule has 0 spiro atoms. The SMILES string of the molecule is CC(C)n1ncc2c(-c3ccc4c(c3)oc(=O)n4Cc3ccc(C#N)cn3)c(C(N)=O)c(CC3CC3)nc21. The zero-order valence-electron chi connectivity index (χ0n) is 21.0. The first-order chi connectivity index (χ1) is 18.3. The lowest BCUT2D eigenvalue weighted by molar-refractivity contribution is 0.0999. The topological polar surface area (TPSA) is 146 Å². The minimum absolute atomic E-state index is 0.0754. The van der Waals surface area contributed by atoms with E-state index in [2.05, 4.69) is 10.1 Å². The number of pyridine rings is 2. The second-order valence-electron chi connectivity index (χ2n) is 10.0. The van der Waals surface area contributed by atoms with Crippen LogP contribution < -0.4 is 11.5 Å². The Morgan fingerprint density at radius 1 is 1.24 bits per heavy atom. The number of nitrogens with two attached hydrogens (primary N) is 1. The van der Waals surface area contributed by atoms with E-state index in [9.17, 15) is 9.59 Å². The van der Waals surface area contributed by atoms with Crippen LogP contribution in [-0.2, 0) is 13.0 Å². The van der Waals surface area contributed by atoms with Crippen LogP contribution in [0, 0.1) is 17.2 Å². The number of fused-ring (bicyclic) bond motifs is 2. The molecule has 1 saturated carbocycles. The van der Waals surface area contributed by atoms with Crippen molar-refractivity contribution in [1.82, 2.24) is 24.3 Å². The smallest absolute Gasteiger partial charge is 0.408 e. The van der Waals surface area contributed by atoms with Crippen LogP contribution in [-0.4, -0.2) is 30.2 Å². The summed E-state index contributed by atoms with van der Waals surface area (Å²) in [6.45, 7) is 4.25. The van der Waals surface area contributed by atoms with Crippen LogP contribution in [0.25, 0.3) is 33.3 Å². The highest BCUT2D eigenvalue weighted by Gasteiger charge is 2.29. The fraction of sp³-hybridized carbons (Fsp3) is 0.286. The minimum atomic E-state index is -0.548. The summed E-state index contributed by atoms with van der Waals surface area (Å²) in [7, 11) is 0. The van der Waals surface area contributed by atoms with Crippen LogP contribution in [0.4, 0.5) is 0 Å². The van der Waals surface area contributed by atoms with Crippen molar-refractivity contribution >= 4 is 28.0 Å². The molecule has 1 fully saturated rings. The van der Waals surface area contributed by atoms with Crippen molar-refractivity contribution in [2.75, 3.05) is 0 Å². The van der Waals surface area contributed by atoms with Gasteiger partial charge in [-0.15, -0.1) is 0 Å². The number of hydrogen-bond acceptors (Lipinski definition) is 7. The number of primary amides is 1. The molecule has 0 aliphatic heterocycles. The zero-order chi connectivity index (χ0) is 26.6. The summed E-state index contributed by atoms with van der Waals surface area (Å²) in [5.41, 5.74) is 11.1. The molecule has 2 N–H and O–H groups in total. The van der Waals surface area contributed by atoms with Gasteiger partial charge in [-0.1, -0.05) is 6.07 Å². The van der Waals surface area contributed by atoms with Gasteiger partial charge in [0.25, 0.3) is 5.91 Å². The quantitative estimate of drug-likeness (QED) is 0.351. The van der Waals surface area contributed by atoms with E-state index in [1.807, 2.05) is 30.7 Å². The molecule has 5 aromatic rings. The molecule has 1 aliphatic rings. The van der Waals surface area contributed by atoms with Crippen molar-refractivity contribution in [3.63, 3.8) is 0 Å². The van der Waals surface area contributed by atoms with Crippen molar-refractivity contribution in [1.29, 1.82) is 5.26 Å². The summed E-state index contributed by atoms with van der Waals surface area (Å²) in [5.74, 6) is -0.583. The number of nitriles is 1. The zero-order valence-corrected chi connectivity index (χ0v) is 21.0. The second-order valence-corrected chi connectivity index (χ2v) is 10.0. The summed E-state index contributed by atoms with van der Waals surface area (Å²) >= 11 is 0. The number of benzene rings is 1. The maximum atomic E-state index is 12.8. The van der Waals surface area contributed by atoms with Crippen molar-refractivity contribution in [3.05, 3.63) is 75.8 Å². The molecule has 190 valence electrons.